The lowest BCUT2D eigenvalue weighted by Crippen LogP contribution is -2.11. The molecule has 1 saturated heterocycles. The van der Waals surface area contributed by atoms with Crippen molar-refractivity contribution in [1.82, 2.24) is 14.8 Å². The highest BCUT2D eigenvalue weighted by Crippen LogP contribution is 2.42. The van der Waals surface area contributed by atoms with E-state index in [-0.39, 0.29) is 11.2 Å². The zero-order chi connectivity index (χ0) is 13.5. The summed E-state index contributed by atoms with van der Waals surface area (Å²) in [5, 5.41) is 9.09. The maximum atomic E-state index is 11.6. The summed E-state index contributed by atoms with van der Waals surface area (Å²) in [5.41, 5.74) is 0. The Kier molecular flexibility index (Phi) is 2.80. The average Bonchev–Trinajstić information content (AvgIpc) is 2.88. The lowest BCUT2D eigenvalue weighted by Gasteiger charge is -2.08. The largest absolute Gasteiger partial charge is 0.465 e. The van der Waals surface area contributed by atoms with Gasteiger partial charge in [0.15, 0.2) is 10.9 Å². The SMILES string of the molecule is O=C1OCC[C@H]1Sc1nnc(-c2ccco2)n1C1CC1. The van der Waals surface area contributed by atoms with Crippen LogP contribution in [0.15, 0.2) is 28.0 Å². The number of hydrogen-bond acceptors (Lipinski definition) is 6. The van der Waals surface area contributed by atoms with Gasteiger partial charge in [0, 0.05) is 12.5 Å². The predicted octanol–water partition coefficient (Wildman–Crippen LogP) is 2.28. The van der Waals surface area contributed by atoms with Gasteiger partial charge < -0.3 is 9.15 Å². The molecular weight excluding hydrogens is 278 g/mol. The van der Waals surface area contributed by atoms with Gasteiger partial charge in [-0.05, 0) is 25.0 Å². The Morgan fingerprint density at radius 3 is 2.85 bits per heavy atom. The molecule has 104 valence electrons. The van der Waals surface area contributed by atoms with Gasteiger partial charge >= 0.3 is 5.97 Å². The Morgan fingerprint density at radius 2 is 2.20 bits per heavy atom. The third-order valence-corrected chi connectivity index (χ3v) is 4.65. The van der Waals surface area contributed by atoms with Gasteiger partial charge in [-0.1, -0.05) is 11.8 Å². The van der Waals surface area contributed by atoms with Gasteiger partial charge in [0.2, 0.25) is 5.82 Å². The Hall–Kier alpha value is -1.76. The van der Waals surface area contributed by atoms with Crippen molar-refractivity contribution >= 4 is 17.7 Å². The normalized spacial score (nSPS) is 22.2. The minimum absolute atomic E-state index is 0.153. The smallest absolute Gasteiger partial charge is 0.319 e. The maximum absolute atomic E-state index is 11.6. The van der Waals surface area contributed by atoms with E-state index >= 15 is 0 Å². The van der Waals surface area contributed by atoms with Crippen molar-refractivity contribution in [2.45, 2.75) is 35.7 Å². The van der Waals surface area contributed by atoms with E-state index < -0.39 is 0 Å². The van der Waals surface area contributed by atoms with Crippen LogP contribution in [0, 0.1) is 0 Å². The Labute approximate surface area is 119 Å². The standard InChI is InChI=1S/C13H13N3O3S/c17-12-10(5-7-19-12)20-13-15-14-11(9-2-1-6-18-9)16(13)8-3-4-8/h1-2,6,8,10H,3-5,7H2/t10-/m1/s1. The fourth-order valence-corrected chi connectivity index (χ4v) is 3.37. The number of thioether (sulfide) groups is 1. The van der Waals surface area contributed by atoms with Crippen LogP contribution in [0.4, 0.5) is 0 Å². The second-order valence-corrected chi connectivity index (χ2v) is 6.12. The third kappa shape index (κ3) is 2.02. The fraction of sp³-hybridized carbons (Fsp3) is 0.462. The van der Waals surface area contributed by atoms with Crippen molar-refractivity contribution in [2.75, 3.05) is 6.61 Å². The van der Waals surface area contributed by atoms with Gasteiger partial charge in [-0.25, -0.2) is 0 Å². The molecule has 0 aromatic carbocycles. The van der Waals surface area contributed by atoms with Crippen LogP contribution in [0.5, 0.6) is 0 Å². The Balaban J connectivity index is 1.68. The van der Waals surface area contributed by atoms with E-state index in [2.05, 4.69) is 14.8 Å². The molecule has 4 rings (SSSR count). The number of carbonyl (C=O) groups excluding carboxylic acids is 1. The second-order valence-electron chi connectivity index (χ2n) is 4.95. The van der Waals surface area contributed by atoms with Crippen molar-refractivity contribution < 1.29 is 13.9 Å². The summed E-state index contributed by atoms with van der Waals surface area (Å²) in [7, 11) is 0. The molecule has 2 aromatic heterocycles. The Bertz CT molecular complexity index is 633. The molecule has 2 aromatic rings. The second kappa shape index (κ2) is 4.66. The van der Waals surface area contributed by atoms with Gasteiger partial charge in [0.1, 0.15) is 5.25 Å². The highest BCUT2D eigenvalue weighted by Gasteiger charge is 2.34. The van der Waals surface area contributed by atoms with Gasteiger partial charge in [-0.2, -0.15) is 0 Å². The monoisotopic (exact) mass is 291 g/mol. The number of rotatable bonds is 4. The number of aromatic nitrogens is 3. The maximum Gasteiger partial charge on any atom is 0.319 e. The predicted molar refractivity (Wildman–Crippen MR) is 71.2 cm³/mol. The van der Waals surface area contributed by atoms with Crippen LogP contribution in [-0.4, -0.2) is 32.6 Å². The number of ether oxygens (including phenoxy) is 1. The number of hydrogen-bond donors (Lipinski definition) is 0. The van der Waals surface area contributed by atoms with Crippen LogP contribution in [0.3, 0.4) is 0 Å². The Morgan fingerprint density at radius 1 is 1.30 bits per heavy atom. The van der Waals surface area contributed by atoms with E-state index in [1.807, 2.05) is 12.1 Å². The van der Waals surface area contributed by atoms with Crippen LogP contribution < -0.4 is 0 Å². The molecular formula is C13H13N3O3S. The molecule has 2 aliphatic rings. The van der Waals surface area contributed by atoms with E-state index in [1.54, 1.807) is 6.26 Å². The molecule has 7 heteroatoms. The number of esters is 1. The van der Waals surface area contributed by atoms with Crippen LogP contribution in [-0.2, 0) is 9.53 Å². The first-order valence-electron chi connectivity index (χ1n) is 6.65. The first-order chi connectivity index (χ1) is 9.83. The van der Waals surface area contributed by atoms with Crippen LogP contribution >= 0.6 is 11.8 Å². The van der Waals surface area contributed by atoms with E-state index in [0.29, 0.717) is 18.4 Å². The summed E-state index contributed by atoms with van der Waals surface area (Å²) in [6.45, 7) is 0.499. The van der Waals surface area contributed by atoms with Crippen molar-refractivity contribution in [1.29, 1.82) is 0 Å². The summed E-state index contributed by atoms with van der Waals surface area (Å²) in [4.78, 5) is 11.6. The molecule has 2 fully saturated rings. The van der Waals surface area contributed by atoms with Crippen molar-refractivity contribution in [3.05, 3.63) is 18.4 Å². The van der Waals surface area contributed by atoms with Gasteiger partial charge in [0.25, 0.3) is 0 Å². The van der Waals surface area contributed by atoms with Crippen molar-refractivity contribution in [3.8, 4) is 11.6 Å². The minimum Gasteiger partial charge on any atom is -0.465 e. The highest BCUT2D eigenvalue weighted by atomic mass is 32.2. The molecule has 1 saturated carbocycles. The molecule has 0 bridgehead atoms. The third-order valence-electron chi connectivity index (χ3n) is 3.45. The summed E-state index contributed by atoms with van der Waals surface area (Å²) in [6.07, 6.45) is 4.60. The summed E-state index contributed by atoms with van der Waals surface area (Å²) in [5.74, 6) is 1.30. The van der Waals surface area contributed by atoms with E-state index in [0.717, 1.165) is 30.2 Å². The van der Waals surface area contributed by atoms with Gasteiger partial charge in [-0.3, -0.25) is 9.36 Å². The quantitative estimate of drug-likeness (QED) is 0.805. The topological polar surface area (TPSA) is 70.2 Å². The number of carbonyl (C=O) groups is 1. The average molecular weight is 291 g/mol. The van der Waals surface area contributed by atoms with E-state index in [9.17, 15) is 4.79 Å². The first-order valence-corrected chi connectivity index (χ1v) is 7.53. The molecule has 0 spiro atoms. The van der Waals surface area contributed by atoms with Crippen LogP contribution in [0.25, 0.3) is 11.6 Å². The molecule has 1 atom stereocenters. The lowest BCUT2D eigenvalue weighted by molar-refractivity contribution is -0.137. The van der Waals surface area contributed by atoms with E-state index in [4.69, 9.17) is 9.15 Å². The highest BCUT2D eigenvalue weighted by molar-refractivity contribution is 8.00. The van der Waals surface area contributed by atoms with Crippen LogP contribution in [0.1, 0.15) is 25.3 Å². The van der Waals surface area contributed by atoms with Gasteiger partial charge in [0.05, 0.1) is 12.9 Å². The number of cyclic esters (lactones) is 1. The number of nitrogens with zero attached hydrogens (tertiary/aromatic N) is 3. The van der Waals surface area contributed by atoms with Crippen molar-refractivity contribution in [3.63, 3.8) is 0 Å². The van der Waals surface area contributed by atoms with Crippen molar-refractivity contribution in [2.24, 2.45) is 0 Å². The molecule has 0 radical (unpaired) electrons. The molecule has 1 aliphatic heterocycles. The molecule has 0 unspecified atom stereocenters. The lowest BCUT2D eigenvalue weighted by atomic mass is 10.4. The molecule has 0 N–H and O–H groups in total. The zero-order valence-corrected chi connectivity index (χ0v) is 11.5. The summed E-state index contributed by atoms with van der Waals surface area (Å²) < 4.78 is 12.5. The van der Waals surface area contributed by atoms with Crippen LogP contribution in [0.2, 0.25) is 0 Å². The number of furan rings is 1. The van der Waals surface area contributed by atoms with E-state index in [1.165, 1.54) is 11.8 Å². The summed E-state index contributed by atoms with van der Waals surface area (Å²) >= 11 is 1.45. The van der Waals surface area contributed by atoms with Gasteiger partial charge in [-0.15, -0.1) is 10.2 Å². The fourth-order valence-electron chi connectivity index (χ4n) is 2.30. The first kappa shape index (κ1) is 12.0. The summed E-state index contributed by atoms with van der Waals surface area (Å²) in [6, 6.07) is 4.13. The molecule has 6 nitrogen and oxygen atoms in total. The molecule has 0 amide bonds. The zero-order valence-electron chi connectivity index (χ0n) is 10.7. The molecule has 3 heterocycles. The molecule has 20 heavy (non-hydrogen) atoms. The molecule has 1 aliphatic carbocycles. The minimum atomic E-state index is -0.166.